The fraction of sp³-hybridized carbons (Fsp3) is 0.240. The number of nitriles is 1. The molecule has 0 amide bonds. The zero-order chi connectivity index (χ0) is 25.1. The molecule has 2 aromatic rings. The second kappa shape index (κ2) is 10.3. The molecule has 1 saturated heterocycles. The third-order valence-electron chi connectivity index (χ3n) is 5.67. The molecule has 1 atom stereocenters. The van der Waals surface area contributed by atoms with E-state index in [9.17, 15) is 14.9 Å². The van der Waals surface area contributed by atoms with Gasteiger partial charge in [-0.3, -0.25) is 4.90 Å². The quantitative estimate of drug-likeness (QED) is 0.569. The molecule has 9 nitrogen and oxygen atoms in total. The van der Waals surface area contributed by atoms with Crippen molar-refractivity contribution in [2.45, 2.75) is 12.2 Å². The number of carbonyl (C=O) groups excluding carboxylic acids is 2. The van der Waals surface area contributed by atoms with Gasteiger partial charge in [-0.15, -0.1) is 0 Å². The van der Waals surface area contributed by atoms with Crippen LogP contribution in [0, 0.1) is 11.3 Å². The number of rotatable bonds is 5. The van der Waals surface area contributed by atoms with E-state index in [1.54, 1.807) is 42.5 Å². The molecule has 0 aliphatic carbocycles. The van der Waals surface area contributed by atoms with Crippen molar-refractivity contribution in [2.75, 3.05) is 32.3 Å². The van der Waals surface area contributed by atoms with Gasteiger partial charge in [-0.1, -0.05) is 46.3 Å². The molecule has 0 aromatic heterocycles. The van der Waals surface area contributed by atoms with Crippen LogP contribution in [0.4, 0.5) is 5.69 Å². The molecular formula is C25H22BrN3O6. The van der Waals surface area contributed by atoms with Gasteiger partial charge < -0.3 is 24.7 Å². The number of ether oxygens (including phenoxy) is 4. The second-order valence-corrected chi connectivity index (χ2v) is 8.57. The van der Waals surface area contributed by atoms with Crippen LogP contribution in [0.3, 0.4) is 0 Å². The van der Waals surface area contributed by atoms with E-state index in [2.05, 4.69) is 22.0 Å². The molecule has 2 aliphatic rings. The molecule has 10 heteroatoms. The van der Waals surface area contributed by atoms with Crippen LogP contribution in [0.15, 0.2) is 75.7 Å². The molecule has 2 aliphatic heterocycles. The Morgan fingerprint density at radius 3 is 2.31 bits per heavy atom. The Morgan fingerprint density at radius 1 is 1.06 bits per heavy atom. The molecule has 0 spiro atoms. The summed E-state index contributed by atoms with van der Waals surface area (Å²) in [6.45, 7) is 0.880. The van der Waals surface area contributed by atoms with Gasteiger partial charge >= 0.3 is 11.9 Å². The highest BCUT2D eigenvalue weighted by atomic mass is 79.9. The van der Waals surface area contributed by atoms with Gasteiger partial charge in [0.15, 0.2) is 6.29 Å². The Balaban J connectivity index is 2.01. The zero-order valence-corrected chi connectivity index (χ0v) is 20.6. The smallest absolute Gasteiger partial charge is 0.355 e. The number of hydrogen-bond donors (Lipinski definition) is 1. The van der Waals surface area contributed by atoms with E-state index in [1.807, 2.05) is 6.07 Å². The lowest BCUT2D eigenvalue weighted by atomic mass is 9.81. The molecule has 4 rings (SSSR count). The highest BCUT2D eigenvalue weighted by Crippen LogP contribution is 2.44. The topological polar surface area (TPSA) is 124 Å². The monoisotopic (exact) mass is 539 g/mol. The number of esters is 2. The molecule has 0 bridgehead atoms. The van der Waals surface area contributed by atoms with Crippen molar-refractivity contribution in [2.24, 2.45) is 5.73 Å². The van der Waals surface area contributed by atoms with Gasteiger partial charge in [-0.25, -0.2) is 9.59 Å². The highest BCUT2D eigenvalue weighted by molar-refractivity contribution is 9.10. The van der Waals surface area contributed by atoms with Crippen LogP contribution in [0.5, 0.6) is 0 Å². The standard InChI is InChI=1S/C25H22BrN3O6/c1-32-23(30)20-19(14-6-4-3-5-7-14)18(13-27)22(28)29(21(20)24(31)33-2)17-11-15(10-16(26)12-17)25-34-8-9-35-25/h3-7,10-12,19,25H,8-9,28H2,1-2H3. The minimum absolute atomic E-state index is 0.0216. The second-order valence-electron chi connectivity index (χ2n) is 7.65. The minimum Gasteiger partial charge on any atom is -0.466 e. The number of hydrogen-bond acceptors (Lipinski definition) is 9. The Morgan fingerprint density at radius 2 is 1.71 bits per heavy atom. The summed E-state index contributed by atoms with van der Waals surface area (Å²) in [4.78, 5) is 27.6. The summed E-state index contributed by atoms with van der Waals surface area (Å²) in [6, 6.07) is 16.2. The van der Waals surface area contributed by atoms with Gasteiger partial charge in [0, 0.05) is 15.7 Å². The van der Waals surface area contributed by atoms with E-state index in [0.717, 1.165) is 0 Å². The first-order valence-electron chi connectivity index (χ1n) is 10.6. The number of allylic oxidation sites excluding steroid dienone is 1. The van der Waals surface area contributed by atoms with Crippen LogP contribution in [-0.4, -0.2) is 39.4 Å². The maximum atomic E-state index is 13.2. The normalized spacial score (nSPS) is 18.5. The summed E-state index contributed by atoms with van der Waals surface area (Å²) in [5.74, 6) is -2.57. The summed E-state index contributed by atoms with van der Waals surface area (Å²) in [5.41, 5.74) is 8.06. The fourth-order valence-corrected chi connectivity index (χ4v) is 4.69. The van der Waals surface area contributed by atoms with Crippen molar-refractivity contribution in [3.63, 3.8) is 0 Å². The number of nitrogens with zero attached hydrogens (tertiary/aromatic N) is 2. The first-order valence-corrected chi connectivity index (χ1v) is 11.4. The fourth-order valence-electron chi connectivity index (χ4n) is 4.19. The van der Waals surface area contributed by atoms with Crippen LogP contribution in [0.2, 0.25) is 0 Å². The van der Waals surface area contributed by atoms with Crippen molar-refractivity contribution in [1.82, 2.24) is 0 Å². The Bertz CT molecular complexity index is 1260. The molecule has 2 N–H and O–H groups in total. The summed E-state index contributed by atoms with van der Waals surface area (Å²) in [5, 5.41) is 10.1. The van der Waals surface area contributed by atoms with Gasteiger partial charge in [-0.05, 0) is 23.8 Å². The molecule has 1 unspecified atom stereocenters. The van der Waals surface area contributed by atoms with Crippen molar-refractivity contribution >= 4 is 33.6 Å². The summed E-state index contributed by atoms with van der Waals surface area (Å²) >= 11 is 3.48. The van der Waals surface area contributed by atoms with Gasteiger partial charge in [0.2, 0.25) is 0 Å². The van der Waals surface area contributed by atoms with E-state index in [0.29, 0.717) is 34.5 Å². The van der Waals surface area contributed by atoms with E-state index in [-0.39, 0.29) is 22.7 Å². The number of anilines is 1. The zero-order valence-electron chi connectivity index (χ0n) is 19.0. The number of benzene rings is 2. The van der Waals surface area contributed by atoms with E-state index in [4.69, 9.17) is 24.7 Å². The largest absolute Gasteiger partial charge is 0.466 e. The van der Waals surface area contributed by atoms with Crippen molar-refractivity contribution < 1.29 is 28.5 Å². The van der Waals surface area contributed by atoms with E-state index >= 15 is 0 Å². The lowest BCUT2D eigenvalue weighted by Gasteiger charge is -2.36. The summed E-state index contributed by atoms with van der Waals surface area (Å²) in [7, 11) is 2.41. The van der Waals surface area contributed by atoms with Gasteiger partial charge in [0.1, 0.15) is 11.5 Å². The SMILES string of the molecule is COC(=O)C1=C(C(=O)OC)N(c2cc(Br)cc(C3OCCO3)c2)C(N)=C(C#N)C1c1ccccc1. The summed E-state index contributed by atoms with van der Waals surface area (Å²) < 4.78 is 22.0. The molecule has 180 valence electrons. The predicted molar refractivity (Wildman–Crippen MR) is 128 cm³/mol. The average Bonchev–Trinajstić information content (AvgIpc) is 3.42. The molecule has 35 heavy (non-hydrogen) atoms. The molecule has 2 heterocycles. The van der Waals surface area contributed by atoms with Crippen molar-refractivity contribution in [3.05, 3.63) is 86.8 Å². The number of halogens is 1. The minimum atomic E-state index is -0.938. The number of carbonyl (C=O) groups is 2. The third kappa shape index (κ3) is 4.53. The van der Waals surface area contributed by atoms with Gasteiger partial charge in [-0.2, -0.15) is 5.26 Å². The van der Waals surface area contributed by atoms with Crippen LogP contribution in [-0.2, 0) is 28.5 Å². The van der Waals surface area contributed by atoms with Gasteiger partial charge in [0.05, 0.1) is 50.6 Å². The lowest BCUT2D eigenvalue weighted by molar-refractivity contribution is -0.139. The van der Waals surface area contributed by atoms with Crippen LogP contribution in [0.25, 0.3) is 0 Å². The highest BCUT2D eigenvalue weighted by Gasteiger charge is 2.43. The number of nitrogens with two attached hydrogens (primary N) is 1. The molecule has 1 fully saturated rings. The molecule has 2 aromatic carbocycles. The van der Waals surface area contributed by atoms with Crippen LogP contribution >= 0.6 is 15.9 Å². The van der Waals surface area contributed by atoms with E-state index in [1.165, 1.54) is 19.1 Å². The Hall–Kier alpha value is -3.65. The first kappa shape index (κ1) is 24.5. The predicted octanol–water partition coefficient (Wildman–Crippen LogP) is 3.39. The summed E-state index contributed by atoms with van der Waals surface area (Å²) in [6.07, 6.45) is -0.612. The Kier molecular flexibility index (Phi) is 7.21. The molecule has 0 saturated carbocycles. The van der Waals surface area contributed by atoms with Crippen LogP contribution in [0.1, 0.15) is 23.3 Å². The average molecular weight is 540 g/mol. The third-order valence-corrected chi connectivity index (χ3v) is 6.13. The van der Waals surface area contributed by atoms with E-state index < -0.39 is 24.1 Å². The Labute approximate surface area is 210 Å². The number of methoxy groups -OCH3 is 2. The first-order chi connectivity index (χ1) is 16.9. The lowest BCUT2D eigenvalue weighted by Crippen LogP contribution is -2.40. The maximum absolute atomic E-state index is 13.2. The van der Waals surface area contributed by atoms with Gasteiger partial charge in [0.25, 0.3) is 0 Å². The van der Waals surface area contributed by atoms with Crippen molar-refractivity contribution in [1.29, 1.82) is 5.26 Å². The molecule has 0 radical (unpaired) electrons. The maximum Gasteiger partial charge on any atom is 0.355 e. The van der Waals surface area contributed by atoms with Crippen LogP contribution < -0.4 is 10.6 Å². The molecular weight excluding hydrogens is 518 g/mol. The van der Waals surface area contributed by atoms with Crippen molar-refractivity contribution in [3.8, 4) is 6.07 Å².